The largest absolute Gasteiger partial charge is 0.449 e. The lowest BCUT2D eigenvalue weighted by Crippen LogP contribution is -2.60. The highest BCUT2D eigenvalue weighted by Crippen LogP contribution is 2.44. The molecule has 0 saturated heterocycles. The molecule has 0 radical (unpaired) electrons. The number of benzene rings is 4. The van der Waals surface area contributed by atoms with Crippen molar-refractivity contribution in [1.29, 1.82) is 0 Å². The van der Waals surface area contributed by atoms with E-state index in [4.69, 9.17) is 4.74 Å². The zero-order valence-electron chi connectivity index (χ0n) is 24.0. The summed E-state index contributed by atoms with van der Waals surface area (Å²) in [6.45, 7) is 1.59. The van der Waals surface area contributed by atoms with Crippen molar-refractivity contribution in [1.82, 2.24) is 15.6 Å². The van der Waals surface area contributed by atoms with E-state index in [1.54, 1.807) is 6.92 Å². The van der Waals surface area contributed by atoms with Gasteiger partial charge in [-0.15, -0.1) is 0 Å². The zero-order valence-corrected chi connectivity index (χ0v) is 24.0. The Bertz CT molecular complexity index is 1700. The predicted octanol–water partition coefficient (Wildman–Crippen LogP) is 5.73. The summed E-state index contributed by atoms with van der Waals surface area (Å²) in [5, 5.41) is 17.0. The number of aromatic amines is 1. The number of carbonyl (C=O) groups excluding carboxylic acids is 2. The van der Waals surface area contributed by atoms with E-state index in [1.807, 2.05) is 85.1 Å². The number of fused-ring (bicyclic) bond motifs is 4. The SMILES string of the molecule is C[C@@](Cc1c[nH]c2ccccc12)(NC(=O)OCC1c2ccccc2-c2ccccc21)C(=O)N[C@@H](CO)Cc1ccccc1. The minimum absolute atomic E-state index is 0.100. The van der Waals surface area contributed by atoms with Gasteiger partial charge in [-0.1, -0.05) is 97.1 Å². The molecule has 0 unspecified atom stereocenters. The minimum atomic E-state index is -1.36. The number of rotatable bonds is 10. The van der Waals surface area contributed by atoms with Gasteiger partial charge in [0.1, 0.15) is 12.1 Å². The van der Waals surface area contributed by atoms with Crippen molar-refractivity contribution in [2.45, 2.75) is 37.3 Å². The predicted molar refractivity (Wildman–Crippen MR) is 168 cm³/mol. The van der Waals surface area contributed by atoms with E-state index in [0.717, 1.165) is 44.3 Å². The molecule has 1 aromatic heterocycles. The Morgan fingerprint density at radius 2 is 1.51 bits per heavy atom. The molecule has 0 aliphatic heterocycles. The van der Waals surface area contributed by atoms with Crippen LogP contribution in [-0.2, 0) is 22.4 Å². The Labute approximate surface area is 250 Å². The van der Waals surface area contributed by atoms with Crippen LogP contribution in [0.5, 0.6) is 0 Å². The average Bonchev–Trinajstić information content (AvgIpc) is 3.58. The van der Waals surface area contributed by atoms with Gasteiger partial charge >= 0.3 is 6.09 Å². The number of nitrogens with one attached hydrogen (secondary N) is 3. The molecule has 0 saturated carbocycles. The topological polar surface area (TPSA) is 103 Å². The molecular formula is C36H35N3O4. The maximum atomic E-state index is 13.9. The first-order valence-corrected chi connectivity index (χ1v) is 14.6. The summed E-state index contributed by atoms with van der Waals surface area (Å²) in [5.74, 6) is -0.502. The van der Waals surface area contributed by atoms with Crippen LogP contribution in [0.2, 0.25) is 0 Å². The van der Waals surface area contributed by atoms with Gasteiger partial charge in [0.15, 0.2) is 0 Å². The van der Waals surface area contributed by atoms with E-state index in [0.29, 0.717) is 6.42 Å². The number of alkyl carbamates (subject to hydrolysis) is 1. The van der Waals surface area contributed by atoms with Crippen LogP contribution >= 0.6 is 0 Å². The Morgan fingerprint density at radius 3 is 2.21 bits per heavy atom. The molecule has 43 heavy (non-hydrogen) atoms. The quantitative estimate of drug-likeness (QED) is 0.171. The van der Waals surface area contributed by atoms with E-state index >= 15 is 0 Å². The number of amides is 2. The number of aliphatic hydroxyl groups is 1. The van der Waals surface area contributed by atoms with Gasteiger partial charge in [0.2, 0.25) is 5.91 Å². The van der Waals surface area contributed by atoms with Crippen molar-refractivity contribution in [3.8, 4) is 11.1 Å². The van der Waals surface area contributed by atoms with Crippen LogP contribution in [-0.4, -0.2) is 46.9 Å². The molecule has 0 bridgehead atoms. The molecule has 5 aromatic rings. The lowest BCUT2D eigenvalue weighted by Gasteiger charge is -2.31. The number of hydrogen-bond acceptors (Lipinski definition) is 4. The summed E-state index contributed by atoms with van der Waals surface area (Å²) in [4.78, 5) is 30.6. The lowest BCUT2D eigenvalue weighted by atomic mass is 9.91. The smallest absolute Gasteiger partial charge is 0.408 e. The van der Waals surface area contributed by atoms with Crippen LogP contribution in [0.1, 0.15) is 35.1 Å². The second-order valence-corrected chi connectivity index (χ2v) is 11.4. The van der Waals surface area contributed by atoms with Gasteiger partial charge in [-0.05, 0) is 52.8 Å². The molecule has 7 nitrogen and oxygen atoms in total. The molecule has 1 heterocycles. The highest BCUT2D eigenvalue weighted by Gasteiger charge is 2.38. The first-order valence-electron chi connectivity index (χ1n) is 14.6. The molecule has 2 amide bonds. The summed E-state index contributed by atoms with van der Waals surface area (Å²) < 4.78 is 5.83. The van der Waals surface area contributed by atoms with Crippen molar-refractivity contribution >= 4 is 22.9 Å². The summed E-state index contributed by atoms with van der Waals surface area (Å²) in [7, 11) is 0. The van der Waals surface area contributed by atoms with E-state index in [-0.39, 0.29) is 25.6 Å². The maximum absolute atomic E-state index is 13.9. The van der Waals surface area contributed by atoms with Crippen LogP contribution in [0.4, 0.5) is 4.79 Å². The standard InChI is InChI=1S/C36H35N3O4/c1-36(20-25-21-37-33-18-10-9-13-27(25)33,34(41)38-26(22-40)19-24-11-3-2-4-12-24)39-35(42)43-23-32-30-16-7-5-14-28(30)29-15-6-8-17-31(29)32/h2-18,21,26,32,37,40H,19-20,22-23H2,1H3,(H,38,41)(H,39,42)/t26-,36+/m1/s1. The summed E-state index contributed by atoms with van der Waals surface area (Å²) in [6.07, 6.45) is 1.86. The van der Waals surface area contributed by atoms with Crippen LogP contribution in [0.15, 0.2) is 109 Å². The highest BCUT2D eigenvalue weighted by molar-refractivity contribution is 5.92. The monoisotopic (exact) mass is 573 g/mol. The summed E-state index contributed by atoms with van der Waals surface area (Å²) in [5.41, 5.74) is 5.97. The Balaban J connectivity index is 1.22. The summed E-state index contributed by atoms with van der Waals surface area (Å²) >= 11 is 0. The van der Waals surface area contributed by atoms with Crippen molar-refractivity contribution < 1.29 is 19.4 Å². The molecule has 2 atom stereocenters. The molecule has 4 aromatic carbocycles. The van der Waals surface area contributed by atoms with Crippen molar-refractivity contribution in [2.24, 2.45) is 0 Å². The Kier molecular flexibility index (Phi) is 7.99. The number of aromatic nitrogens is 1. The Morgan fingerprint density at radius 1 is 0.884 bits per heavy atom. The van der Waals surface area contributed by atoms with Crippen LogP contribution in [0.3, 0.4) is 0 Å². The second-order valence-electron chi connectivity index (χ2n) is 11.4. The molecule has 0 spiro atoms. The van der Waals surface area contributed by atoms with Gasteiger partial charge in [-0.2, -0.15) is 0 Å². The molecule has 4 N–H and O–H groups in total. The molecule has 0 fully saturated rings. The normalized spacial score (nSPS) is 14.4. The van der Waals surface area contributed by atoms with E-state index < -0.39 is 23.6 Å². The van der Waals surface area contributed by atoms with Crippen molar-refractivity contribution in [3.05, 3.63) is 132 Å². The fourth-order valence-corrected chi connectivity index (χ4v) is 6.10. The molecule has 7 heteroatoms. The third-order valence-corrected chi connectivity index (χ3v) is 8.32. The molecular weight excluding hydrogens is 538 g/mol. The number of hydrogen-bond donors (Lipinski definition) is 4. The van der Waals surface area contributed by atoms with Gasteiger partial charge in [0.05, 0.1) is 12.6 Å². The van der Waals surface area contributed by atoms with Gasteiger partial charge < -0.3 is 25.5 Å². The fraction of sp³-hybridized carbons (Fsp3) is 0.222. The molecule has 1 aliphatic rings. The van der Waals surface area contributed by atoms with Crippen LogP contribution in [0, 0.1) is 0 Å². The maximum Gasteiger partial charge on any atom is 0.408 e. The number of H-pyrrole nitrogens is 1. The molecule has 218 valence electrons. The fourth-order valence-electron chi connectivity index (χ4n) is 6.10. The van der Waals surface area contributed by atoms with Gasteiger partial charge in [0.25, 0.3) is 0 Å². The van der Waals surface area contributed by atoms with Gasteiger partial charge in [-0.25, -0.2) is 4.79 Å². The first kappa shape index (κ1) is 28.2. The van der Waals surface area contributed by atoms with Gasteiger partial charge in [-0.3, -0.25) is 4.79 Å². The molecule has 1 aliphatic carbocycles. The number of aliphatic hydroxyl groups excluding tert-OH is 1. The third kappa shape index (κ3) is 5.90. The van der Waals surface area contributed by atoms with E-state index in [1.165, 1.54) is 0 Å². The van der Waals surface area contributed by atoms with Gasteiger partial charge in [0, 0.05) is 29.4 Å². The lowest BCUT2D eigenvalue weighted by molar-refractivity contribution is -0.128. The zero-order chi connectivity index (χ0) is 29.8. The number of carbonyl (C=O) groups is 2. The summed E-state index contributed by atoms with van der Waals surface area (Å²) in [6, 6.07) is 33.3. The van der Waals surface area contributed by atoms with Crippen molar-refractivity contribution in [2.75, 3.05) is 13.2 Å². The van der Waals surface area contributed by atoms with E-state index in [9.17, 15) is 14.7 Å². The third-order valence-electron chi connectivity index (χ3n) is 8.32. The van der Waals surface area contributed by atoms with Crippen molar-refractivity contribution in [3.63, 3.8) is 0 Å². The Hall–Kier alpha value is -4.88. The second kappa shape index (κ2) is 12.2. The number of ether oxygens (including phenoxy) is 1. The van der Waals surface area contributed by atoms with Crippen LogP contribution < -0.4 is 10.6 Å². The van der Waals surface area contributed by atoms with E-state index in [2.05, 4.69) is 39.9 Å². The average molecular weight is 574 g/mol. The minimum Gasteiger partial charge on any atom is -0.449 e. The molecule has 6 rings (SSSR count). The number of para-hydroxylation sites is 1. The van der Waals surface area contributed by atoms with Crippen LogP contribution in [0.25, 0.3) is 22.0 Å². The highest BCUT2D eigenvalue weighted by atomic mass is 16.5. The first-order chi connectivity index (χ1) is 20.9.